The van der Waals surface area contributed by atoms with Crippen molar-refractivity contribution in [2.75, 3.05) is 24.6 Å². The highest BCUT2D eigenvalue weighted by Gasteiger charge is 2.29. The van der Waals surface area contributed by atoms with Crippen LogP contribution in [0.5, 0.6) is 0 Å². The number of morpholine rings is 1. The van der Waals surface area contributed by atoms with Gasteiger partial charge in [0.15, 0.2) is 0 Å². The van der Waals surface area contributed by atoms with Gasteiger partial charge in [0, 0.05) is 19.3 Å². The van der Waals surface area contributed by atoms with E-state index in [0.29, 0.717) is 6.61 Å². The molecule has 3 rings (SSSR count). The van der Waals surface area contributed by atoms with Gasteiger partial charge >= 0.3 is 0 Å². The number of nitrogens with one attached hydrogen (secondary N) is 1. The maximum absolute atomic E-state index is 5.72. The van der Waals surface area contributed by atoms with Crippen LogP contribution in [0, 0.1) is 0 Å². The molecule has 8 nitrogen and oxygen atoms in total. The molecule has 20 heavy (non-hydrogen) atoms. The molecule has 3 heterocycles. The summed E-state index contributed by atoms with van der Waals surface area (Å²) in [4.78, 5) is 2.18. The molecule has 0 spiro atoms. The molecule has 0 aliphatic carbocycles. The Kier molecular flexibility index (Phi) is 3.39. The molecule has 1 N–H and O–H groups in total. The lowest BCUT2D eigenvalue weighted by molar-refractivity contribution is -0.0283. The van der Waals surface area contributed by atoms with Crippen LogP contribution in [0.1, 0.15) is 19.4 Å². The summed E-state index contributed by atoms with van der Waals surface area (Å²) in [6.45, 7) is 7.20. The third-order valence-electron chi connectivity index (χ3n) is 3.39. The van der Waals surface area contributed by atoms with Crippen molar-refractivity contribution in [3.63, 3.8) is 0 Å². The molecule has 0 aromatic carbocycles. The number of hydrogen-bond donors (Lipinski definition) is 1. The summed E-state index contributed by atoms with van der Waals surface area (Å²) in [7, 11) is 0. The number of aryl methyl sites for hydroxylation is 2. The number of hydrogen-bond acceptors (Lipinski definition) is 6. The number of rotatable bonds is 4. The Morgan fingerprint density at radius 1 is 1.45 bits per heavy atom. The average Bonchev–Trinajstić information content (AvgIpc) is 3.06. The molecule has 2 aromatic heterocycles. The van der Waals surface area contributed by atoms with Crippen molar-refractivity contribution < 1.29 is 4.74 Å². The third kappa shape index (κ3) is 2.79. The SMILES string of the molecule is CC1(C)CN(c2nnnn2CCc2cn[nH]c2)CCO1. The Labute approximate surface area is 117 Å². The van der Waals surface area contributed by atoms with Gasteiger partial charge in [-0.3, -0.25) is 5.10 Å². The summed E-state index contributed by atoms with van der Waals surface area (Å²) in [5.74, 6) is 0.810. The van der Waals surface area contributed by atoms with Gasteiger partial charge in [0.05, 0.1) is 24.9 Å². The first kappa shape index (κ1) is 13.0. The number of aromatic nitrogens is 6. The highest BCUT2D eigenvalue weighted by molar-refractivity contribution is 5.29. The van der Waals surface area contributed by atoms with E-state index in [1.54, 1.807) is 0 Å². The highest BCUT2D eigenvalue weighted by Crippen LogP contribution is 2.20. The summed E-state index contributed by atoms with van der Waals surface area (Å²) in [5.41, 5.74) is 0.980. The zero-order chi connectivity index (χ0) is 14.0. The van der Waals surface area contributed by atoms with Crippen molar-refractivity contribution in [3.05, 3.63) is 18.0 Å². The van der Waals surface area contributed by atoms with Crippen LogP contribution in [-0.4, -0.2) is 55.7 Å². The molecule has 108 valence electrons. The van der Waals surface area contributed by atoms with Crippen LogP contribution in [0.25, 0.3) is 0 Å². The van der Waals surface area contributed by atoms with E-state index < -0.39 is 0 Å². The van der Waals surface area contributed by atoms with Gasteiger partial charge in [-0.2, -0.15) is 5.10 Å². The van der Waals surface area contributed by atoms with E-state index in [9.17, 15) is 0 Å². The number of aromatic amines is 1. The minimum Gasteiger partial charge on any atom is -0.372 e. The number of ether oxygens (including phenoxy) is 1. The van der Waals surface area contributed by atoms with Crippen LogP contribution in [0.4, 0.5) is 5.95 Å². The Morgan fingerprint density at radius 2 is 2.35 bits per heavy atom. The summed E-state index contributed by atoms with van der Waals surface area (Å²) < 4.78 is 7.56. The van der Waals surface area contributed by atoms with Gasteiger partial charge in [-0.15, -0.1) is 0 Å². The smallest absolute Gasteiger partial charge is 0.245 e. The number of anilines is 1. The van der Waals surface area contributed by atoms with Crippen LogP contribution < -0.4 is 4.90 Å². The lowest BCUT2D eigenvalue weighted by Crippen LogP contribution is -2.49. The predicted molar refractivity (Wildman–Crippen MR) is 72.4 cm³/mol. The number of tetrazole rings is 1. The summed E-state index contributed by atoms with van der Waals surface area (Å²) in [5, 5.41) is 18.8. The van der Waals surface area contributed by atoms with E-state index in [4.69, 9.17) is 4.74 Å². The van der Waals surface area contributed by atoms with Crippen molar-refractivity contribution >= 4 is 5.95 Å². The van der Waals surface area contributed by atoms with Crippen molar-refractivity contribution in [1.29, 1.82) is 0 Å². The van der Waals surface area contributed by atoms with Crippen molar-refractivity contribution in [2.24, 2.45) is 0 Å². The zero-order valence-electron chi connectivity index (χ0n) is 11.8. The van der Waals surface area contributed by atoms with E-state index >= 15 is 0 Å². The maximum Gasteiger partial charge on any atom is 0.245 e. The largest absolute Gasteiger partial charge is 0.372 e. The van der Waals surface area contributed by atoms with Crippen molar-refractivity contribution in [2.45, 2.75) is 32.4 Å². The molecular formula is C12H19N7O. The first-order chi connectivity index (χ1) is 9.64. The molecule has 0 amide bonds. The normalized spacial score (nSPS) is 18.4. The standard InChI is InChI=1S/C12H19N7O/c1-12(2)9-18(5-6-20-12)11-15-16-17-19(11)4-3-10-7-13-14-8-10/h7-8H,3-6,9H2,1-2H3,(H,13,14). The van der Waals surface area contributed by atoms with Crippen molar-refractivity contribution in [1.82, 2.24) is 30.4 Å². The quantitative estimate of drug-likeness (QED) is 0.862. The lowest BCUT2D eigenvalue weighted by Gasteiger charge is -2.38. The van der Waals surface area contributed by atoms with Crippen LogP contribution in [-0.2, 0) is 17.7 Å². The Hall–Kier alpha value is -1.96. The minimum absolute atomic E-state index is 0.167. The molecule has 2 aromatic rings. The van der Waals surface area contributed by atoms with E-state index in [1.165, 1.54) is 0 Å². The first-order valence-electron chi connectivity index (χ1n) is 6.77. The Balaban J connectivity index is 1.69. The summed E-state index contributed by atoms with van der Waals surface area (Å²) in [6, 6.07) is 0. The molecule has 0 radical (unpaired) electrons. The fourth-order valence-electron chi connectivity index (χ4n) is 2.41. The molecule has 0 bridgehead atoms. The van der Waals surface area contributed by atoms with Gasteiger partial charge in [-0.05, 0) is 36.3 Å². The van der Waals surface area contributed by atoms with Crippen LogP contribution in [0.2, 0.25) is 0 Å². The van der Waals surface area contributed by atoms with Crippen LogP contribution in [0.15, 0.2) is 12.4 Å². The zero-order valence-corrected chi connectivity index (χ0v) is 11.8. The second-order valence-corrected chi connectivity index (χ2v) is 5.59. The molecule has 1 aliphatic heterocycles. The van der Waals surface area contributed by atoms with Gasteiger partial charge < -0.3 is 9.64 Å². The van der Waals surface area contributed by atoms with E-state index in [2.05, 4.69) is 44.5 Å². The second kappa shape index (κ2) is 5.20. The topological polar surface area (TPSA) is 84.8 Å². The number of H-pyrrole nitrogens is 1. The van der Waals surface area contributed by atoms with Gasteiger partial charge in [-0.25, -0.2) is 4.68 Å². The molecule has 1 saturated heterocycles. The minimum atomic E-state index is -0.167. The fraction of sp³-hybridized carbons (Fsp3) is 0.667. The monoisotopic (exact) mass is 277 g/mol. The maximum atomic E-state index is 5.72. The third-order valence-corrected chi connectivity index (χ3v) is 3.39. The van der Waals surface area contributed by atoms with Gasteiger partial charge in [-0.1, -0.05) is 5.10 Å². The summed E-state index contributed by atoms with van der Waals surface area (Å²) >= 11 is 0. The molecular weight excluding hydrogens is 258 g/mol. The number of nitrogens with zero attached hydrogens (tertiary/aromatic N) is 6. The first-order valence-corrected chi connectivity index (χ1v) is 6.77. The molecule has 0 saturated carbocycles. The van der Waals surface area contributed by atoms with Gasteiger partial charge in [0.1, 0.15) is 0 Å². The van der Waals surface area contributed by atoms with E-state index in [1.807, 2.05) is 17.1 Å². The van der Waals surface area contributed by atoms with Gasteiger partial charge in [0.2, 0.25) is 5.95 Å². The highest BCUT2D eigenvalue weighted by atomic mass is 16.5. The molecule has 1 fully saturated rings. The summed E-state index contributed by atoms with van der Waals surface area (Å²) in [6.07, 6.45) is 4.56. The van der Waals surface area contributed by atoms with Crippen molar-refractivity contribution in [3.8, 4) is 0 Å². The van der Waals surface area contributed by atoms with E-state index in [0.717, 1.165) is 37.6 Å². The second-order valence-electron chi connectivity index (χ2n) is 5.59. The Morgan fingerprint density at radius 3 is 3.10 bits per heavy atom. The molecule has 0 unspecified atom stereocenters. The van der Waals surface area contributed by atoms with E-state index in [-0.39, 0.29) is 5.60 Å². The Bertz CT molecular complexity index is 548. The average molecular weight is 277 g/mol. The molecule has 1 aliphatic rings. The van der Waals surface area contributed by atoms with Crippen LogP contribution >= 0.6 is 0 Å². The lowest BCUT2D eigenvalue weighted by atomic mass is 10.1. The fourth-order valence-corrected chi connectivity index (χ4v) is 2.41. The predicted octanol–water partition coefficient (Wildman–Crippen LogP) is 0.254. The van der Waals surface area contributed by atoms with Crippen LogP contribution in [0.3, 0.4) is 0 Å². The molecule has 8 heteroatoms. The van der Waals surface area contributed by atoms with Gasteiger partial charge in [0.25, 0.3) is 0 Å². The molecule has 0 atom stereocenters.